The predicted octanol–water partition coefficient (Wildman–Crippen LogP) is 2.91. The SMILES string of the molecule is CNCc1oc2ccccc2c1Br. The van der Waals surface area contributed by atoms with Crippen molar-refractivity contribution in [1.82, 2.24) is 5.32 Å². The molecule has 0 unspecified atom stereocenters. The highest BCUT2D eigenvalue weighted by Gasteiger charge is 2.09. The zero-order valence-corrected chi connectivity index (χ0v) is 8.89. The van der Waals surface area contributed by atoms with Gasteiger partial charge >= 0.3 is 0 Å². The van der Waals surface area contributed by atoms with Gasteiger partial charge in [-0.3, -0.25) is 0 Å². The minimum absolute atomic E-state index is 0.745. The van der Waals surface area contributed by atoms with Gasteiger partial charge in [0.05, 0.1) is 11.0 Å². The van der Waals surface area contributed by atoms with Gasteiger partial charge in [-0.2, -0.15) is 0 Å². The first-order valence-electron chi connectivity index (χ1n) is 4.13. The molecule has 0 atom stereocenters. The van der Waals surface area contributed by atoms with Gasteiger partial charge in [0.25, 0.3) is 0 Å². The summed E-state index contributed by atoms with van der Waals surface area (Å²) in [5.41, 5.74) is 0.930. The molecule has 2 aromatic rings. The van der Waals surface area contributed by atoms with Crippen molar-refractivity contribution in [2.45, 2.75) is 6.54 Å². The van der Waals surface area contributed by atoms with Crippen molar-refractivity contribution < 1.29 is 4.42 Å². The molecule has 13 heavy (non-hydrogen) atoms. The van der Waals surface area contributed by atoms with E-state index < -0.39 is 0 Å². The summed E-state index contributed by atoms with van der Waals surface area (Å²) in [6.07, 6.45) is 0. The number of benzene rings is 1. The van der Waals surface area contributed by atoms with Gasteiger partial charge in [-0.25, -0.2) is 0 Å². The lowest BCUT2D eigenvalue weighted by molar-refractivity contribution is 0.528. The summed E-state index contributed by atoms with van der Waals surface area (Å²) in [5, 5.41) is 4.19. The molecule has 0 radical (unpaired) electrons. The molecular formula is C10H10BrNO. The maximum absolute atomic E-state index is 5.63. The van der Waals surface area contributed by atoms with E-state index in [-0.39, 0.29) is 0 Å². The second-order valence-corrected chi connectivity index (χ2v) is 3.66. The normalized spacial score (nSPS) is 10.9. The van der Waals surface area contributed by atoms with Crippen LogP contribution in [0.4, 0.5) is 0 Å². The van der Waals surface area contributed by atoms with E-state index in [1.807, 2.05) is 31.3 Å². The molecule has 68 valence electrons. The molecule has 2 rings (SSSR count). The molecule has 0 aliphatic rings. The molecule has 1 aromatic carbocycles. The summed E-state index contributed by atoms with van der Waals surface area (Å²) in [6, 6.07) is 7.99. The van der Waals surface area contributed by atoms with Gasteiger partial charge in [-0.05, 0) is 35.1 Å². The number of rotatable bonds is 2. The zero-order valence-electron chi connectivity index (χ0n) is 7.30. The molecule has 0 saturated carbocycles. The third-order valence-corrected chi connectivity index (χ3v) is 2.81. The molecule has 0 spiro atoms. The molecule has 0 bridgehead atoms. The van der Waals surface area contributed by atoms with E-state index in [1.165, 1.54) is 0 Å². The van der Waals surface area contributed by atoms with Crippen LogP contribution in [0.5, 0.6) is 0 Å². The van der Waals surface area contributed by atoms with E-state index in [4.69, 9.17) is 4.42 Å². The van der Waals surface area contributed by atoms with Crippen LogP contribution in [0.25, 0.3) is 11.0 Å². The van der Waals surface area contributed by atoms with E-state index in [2.05, 4.69) is 21.2 Å². The van der Waals surface area contributed by atoms with Crippen molar-refractivity contribution >= 4 is 26.9 Å². The minimum atomic E-state index is 0.745. The van der Waals surface area contributed by atoms with Crippen LogP contribution >= 0.6 is 15.9 Å². The fourth-order valence-electron chi connectivity index (χ4n) is 1.34. The number of furan rings is 1. The first-order valence-corrected chi connectivity index (χ1v) is 4.92. The van der Waals surface area contributed by atoms with E-state index in [0.717, 1.165) is 27.7 Å². The summed E-state index contributed by atoms with van der Waals surface area (Å²) in [5.74, 6) is 0.948. The summed E-state index contributed by atoms with van der Waals surface area (Å²) in [6.45, 7) is 0.745. The van der Waals surface area contributed by atoms with Gasteiger partial charge in [0.1, 0.15) is 11.3 Å². The first kappa shape index (κ1) is 8.78. The van der Waals surface area contributed by atoms with Crippen LogP contribution in [0.1, 0.15) is 5.76 Å². The van der Waals surface area contributed by atoms with Gasteiger partial charge in [-0.15, -0.1) is 0 Å². The van der Waals surface area contributed by atoms with Crippen molar-refractivity contribution in [3.8, 4) is 0 Å². The van der Waals surface area contributed by atoms with Gasteiger partial charge in [-0.1, -0.05) is 12.1 Å². The summed E-state index contributed by atoms with van der Waals surface area (Å²) in [7, 11) is 1.90. The highest BCUT2D eigenvalue weighted by molar-refractivity contribution is 9.10. The Kier molecular flexibility index (Phi) is 2.38. The monoisotopic (exact) mass is 239 g/mol. The Labute approximate surface area is 85.1 Å². The maximum Gasteiger partial charge on any atom is 0.135 e. The molecule has 0 aliphatic heterocycles. The van der Waals surface area contributed by atoms with Crippen LogP contribution in [0.15, 0.2) is 33.2 Å². The standard InChI is InChI=1S/C10H10BrNO/c1-12-6-9-10(11)7-4-2-3-5-8(7)13-9/h2-5,12H,6H2,1H3. The Morgan fingerprint density at radius 2 is 2.15 bits per heavy atom. The Bertz CT molecular complexity index is 422. The van der Waals surface area contributed by atoms with Crippen LogP contribution in [-0.4, -0.2) is 7.05 Å². The summed E-state index contributed by atoms with van der Waals surface area (Å²) < 4.78 is 6.68. The third-order valence-electron chi connectivity index (χ3n) is 1.94. The maximum atomic E-state index is 5.63. The number of halogens is 1. The Morgan fingerprint density at radius 3 is 2.85 bits per heavy atom. The molecule has 0 amide bonds. The largest absolute Gasteiger partial charge is 0.458 e. The second kappa shape index (κ2) is 3.52. The molecule has 1 heterocycles. The Hall–Kier alpha value is -0.800. The molecule has 0 saturated heterocycles. The molecule has 1 N–H and O–H groups in total. The van der Waals surface area contributed by atoms with E-state index in [9.17, 15) is 0 Å². The van der Waals surface area contributed by atoms with Crippen LogP contribution in [0.3, 0.4) is 0 Å². The smallest absolute Gasteiger partial charge is 0.135 e. The second-order valence-electron chi connectivity index (χ2n) is 2.87. The van der Waals surface area contributed by atoms with Gasteiger partial charge in [0.2, 0.25) is 0 Å². The number of fused-ring (bicyclic) bond motifs is 1. The highest BCUT2D eigenvalue weighted by atomic mass is 79.9. The molecule has 1 aromatic heterocycles. The zero-order chi connectivity index (χ0) is 9.26. The molecule has 2 nitrogen and oxygen atoms in total. The van der Waals surface area contributed by atoms with E-state index in [0.29, 0.717) is 0 Å². The fraction of sp³-hybridized carbons (Fsp3) is 0.200. The number of para-hydroxylation sites is 1. The van der Waals surface area contributed by atoms with Crippen molar-refractivity contribution in [3.63, 3.8) is 0 Å². The summed E-state index contributed by atoms with van der Waals surface area (Å²) in [4.78, 5) is 0. The lowest BCUT2D eigenvalue weighted by Gasteiger charge is -1.93. The summed E-state index contributed by atoms with van der Waals surface area (Å²) >= 11 is 3.52. The van der Waals surface area contributed by atoms with E-state index >= 15 is 0 Å². The van der Waals surface area contributed by atoms with Gasteiger partial charge in [0.15, 0.2) is 0 Å². The topological polar surface area (TPSA) is 25.2 Å². The minimum Gasteiger partial charge on any atom is -0.458 e. The lowest BCUT2D eigenvalue weighted by atomic mass is 10.2. The van der Waals surface area contributed by atoms with E-state index in [1.54, 1.807) is 0 Å². The van der Waals surface area contributed by atoms with Crippen molar-refractivity contribution in [2.24, 2.45) is 0 Å². The molecule has 0 aliphatic carbocycles. The first-order chi connectivity index (χ1) is 6.33. The number of nitrogens with one attached hydrogen (secondary N) is 1. The van der Waals surface area contributed by atoms with Gasteiger partial charge < -0.3 is 9.73 Å². The van der Waals surface area contributed by atoms with Gasteiger partial charge in [0, 0.05) is 5.39 Å². The molecule has 3 heteroatoms. The average molecular weight is 240 g/mol. The van der Waals surface area contributed by atoms with Crippen LogP contribution < -0.4 is 5.32 Å². The molecular weight excluding hydrogens is 230 g/mol. The molecule has 0 fully saturated rings. The quantitative estimate of drug-likeness (QED) is 0.872. The Morgan fingerprint density at radius 1 is 1.38 bits per heavy atom. The fourth-order valence-corrected chi connectivity index (χ4v) is 1.89. The Balaban J connectivity index is 2.60. The average Bonchev–Trinajstić information content (AvgIpc) is 2.46. The number of hydrogen-bond acceptors (Lipinski definition) is 2. The highest BCUT2D eigenvalue weighted by Crippen LogP contribution is 2.30. The van der Waals surface area contributed by atoms with Crippen molar-refractivity contribution in [2.75, 3.05) is 7.05 Å². The van der Waals surface area contributed by atoms with Crippen molar-refractivity contribution in [1.29, 1.82) is 0 Å². The van der Waals surface area contributed by atoms with Crippen LogP contribution in [-0.2, 0) is 6.54 Å². The van der Waals surface area contributed by atoms with Crippen molar-refractivity contribution in [3.05, 3.63) is 34.5 Å². The van der Waals surface area contributed by atoms with Crippen LogP contribution in [0, 0.1) is 0 Å². The lowest BCUT2D eigenvalue weighted by Crippen LogP contribution is -2.03. The number of hydrogen-bond donors (Lipinski definition) is 1. The third kappa shape index (κ3) is 1.49. The predicted molar refractivity (Wildman–Crippen MR) is 56.7 cm³/mol. The van der Waals surface area contributed by atoms with Crippen LogP contribution in [0.2, 0.25) is 0 Å².